The lowest BCUT2D eigenvalue weighted by atomic mass is 10.2. The molecule has 0 aliphatic heterocycles. The number of benzene rings is 1. The van der Waals surface area contributed by atoms with Crippen LogP contribution in [0.3, 0.4) is 0 Å². The maximum absolute atomic E-state index is 6.41. The molecule has 0 aliphatic carbocycles. The average Bonchev–Trinajstić information content (AvgIpc) is 3.14. The third kappa shape index (κ3) is 2.60. The molecule has 0 bridgehead atoms. The third-order valence-electron chi connectivity index (χ3n) is 4.35. The lowest BCUT2D eigenvalue weighted by molar-refractivity contribution is 0.966. The Morgan fingerprint density at radius 2 is 1.88 bits per heavy atom. The Balaban J connectivity index is 1.94. The molecular weight excluding hydrogens is 437 g/mol. The number of pyridine rings is 1. The fraction of sp³-hybridized carbons (Fsp3) is 0.111. The molecule has 4 rings (SSSR count). The fourth-order valence-corrected chi connectivity index (χ4v) is 3.98. The first-order chi connectivity index (χ1) is 12.4. The Kier molecular flexibility index (Phi) is 4.22. The van der Waals surface area contributed by atoms with E-state index < -0.39 is 0 Å². The van der Waals surface area contributed by atoms with Gasteiger partial charge in [0.1, 0.15) is 11.3 Å². The zero-order valence-corrected chi connectivity index (χ0v) is 17.0. The van der Waals surface area contributed by atoms with E-state index in [1.54, 1.807) is 6.20 Å². The quantitative estimate of drug-likeness (QED) is 0.412. The molecule has 3 heterocycles. The van der Waals surface area contributed by atoms with Crippen LogP contribution in [0.2, 0.25) is 10.0 Å². The maximum atomic E-state index is 6.41. The van der Waals surface area contributed by atoms with Gasteiger partial charge in [-0.25, -0.2) is 9.97 Å². The molecule has 4 aromatic rings. The van der Waals surface area contributed by atoms with E-state index in [1.807, 2.05) is 42.7 Å². The van der Waals surface area contributed by atoms with Crippen LogP contribution in [0, 0.1) is 13.8 Å². The predicted octanol–water partition coefficient (Wildman–Crippen LogP) is 5.68. The van der Waals surface area contributed by atoms with Crippen molar-refractivity contribution in [1.82, 2.24) is 19.5 Å². The summed E-state index contributed by atoms with van der Waals surface area (Å²) < 4.78 is 2.75. The number of rotatable bonds is 2. The summed E-state index contributed by atoms with van der Waals surface area (Å²) in [6, 6.07) is 7.52. The van der Waals surface area contributed by atoms with Gasteiger partial charge in [-0.3, -0.25) is 0 Å². The molecule has 0 atom stereocenters. The number of imidazole rings is 1. The fourth-order valence-electron chi connectivity index (χ4n) is 3.13. The van der Waals surface area contributed by atoms with E-state index >= 15 is 0 Å². The second-order valence-corrected chi connectivity index (χ2v) is 7.66. The molecule has 8 heteroatoms. The molecule has 0 amide bonds. The van der Waals surface area contributed by atoms with Crippen LogP contribution < -0.4 is 5.73 Å². The first kappa shape index (κ1) is 17.4. The van der Waals surface area contributed by atoms with Crippen molar-refractivity contribution in [2.24, 2.45) is 0 Å². The van der Waals surface area contributed by atoms with Crippen LogP contribution in [-0.4, -0.2) is 19.5 Å². The number of nitrogen functional groups attached to an aromatic ring is 1. The highest BCUT2D eigenvalue weighted by Gasteiger charge is 2.19. The van der Waals surface area contributed by atoms with Gasteiger partial charge in [0.05, 0.1) is 25.9 Å². The molecule has 0 saturated heterocycles. The van der Waals surface area contributed by atoms with Gasteiger partial charge in [-0.2, -0.15) is 0 Å². The molecule has 5 nitrogen and oxygen atoms in total. The van der Waals surface area contributed by atoms with E-state index in [-0.39, 0.29) is 0 Å². The Morgan fingerprint density at radius 1 is 1.19 bits per heavy atom. The van der Waals surface area contributed by atoms with Gasteiger partial charge in [-0.1, -0.05) is 29.3 Å². The summed E-state index contributed by atoms with van der Waals surface area (Å²) in [6.07, 6.45) is 1.66. The summed E-state index contributed by atoms with van der Waals surface area (Å²) in [5.41, 5.74) is 11.6. The van der Waals surface area contributed by atoms with Crippen LogP contribution >= 0.6 is 39.1 Å². The molecule has 0 saturated carbocycles. The highest BCUT2D eigenvalue weighted by molar-refractivity contribution is 9.10. The number of nitrogens with two attached hydrogens (primary N) is 1. The summed E-state index contributed by atoms with van der Waals surface area (Å²) in [7, 11) is 0. The Bertz CT molecular complexity index is 1140. The van der Waals surface area contributed by atoms with Crippen LogP contribution in [0.1, 0.15) is 11.4 Å². The monoisotopic (exact) mass is 449 g/mol. The summed E-state index contributed by atoms with van der Waals surface area (Å²) in [5.74, 6) is 0.694. The van der Waals surface area contributed by atoms with Crippen LogP contribution in [0.15, 0.2) is 34.9 Å². The van der Waals surface area contributed by atoms with Crippen molar-refractivity contribution in [2.45, 2.75) is 13.8 Å². The number of hydrogen-bond donors (Lipinski definition) is 2. The predicted molar refractivity (Wildman–Crippen MR) is 110 cm³/mol. The number of nitrogens with one attached hydrogen (secondary N) is 1. The number of fused-ring (bicyclic) bond motifs is 1. The van der Waals surface area contributed by atoms with Gasteiger partial charge in [0.2, 0.25) is 0 Å². The highest BCUT2D eigenvalue weighted by atomic mass is 79.9. The molecule has 1 aromatic carbocycles. The molecule has 0 radical (unpaired) electrons. The first-order valence-electron chi connectivity index (χ1n) is 7.82. The normalized spacial score (nSPS) is 11.4. The standard InChI is InChI=1S/C18H14BrCl2N5/c1-8-6-10(9(2)26(8)16-12(20)4-3-5-13(16)21)17-24-15-14(22)11(19)7-23-18(15)25-17/h3-7H,1-2H3,(H3,22,23,24,25). The van der Waals surface area contributed by atoms with Crippen molar-refractivity contribution in [3.05, 3.63) is 56.4 Å². The molecule has 0 unspecified atom stereocenters. The number of halogens is 3. The van der Waals surface area contributed by atoms with Crippen molar-refractivity contribution >= 4 is 56.0 Å². The van der Waals surface area contributed by atoms with Gasteiger partial charge in [0.15, 0.2) is 5.65 Å². The van der Waals surface area contributed by atoms with Crippen LogP contribution in [0.4, 0.5) is 5.69 Å². The Morgan fingerprint density at radius 3 is 2.58 bits per heavy atom. The van der Waals surface area contributed by atoms with E-state index in [1.165, 1.54) is 0 Å². The lowest BCUT2D eigenvalue weighted by Gasteiger charge is -2.13. The van der Waals surface area contributed by atoms with Crippen molar-refractivity contribution in [1.29, 1.82) is 0 Å². The Labute approximate surface area is 168 Å². The number of nitrogens with zero attached hydrogens (tertiary/aromatic N) is 3. The van der Waals surface area contributed by atoms with E-state index in [2.05, 4.69) is 30.9 Å². The zero-order chi connectivity index (χ0) is 18.6. The number of aromatic amines is 1. The minimum Gasteiger partial charge on any atom is -0.396 e. The minimum atomic E-state index is 0.556. The summed E-state index contributed by atoms with van der Waals surface area (Å²) in [6.45, 7) is 4.00. The molecule has 0 spiro atoms. The van der Waals surface area contributed by atoms with Gasteiger partial charge in [0, 0.05) is 23.1 Å². The third-order valence-corrected chi connectivity index (χ3v) is 5.59. The van der Waals surface area contributed by atoms with Crippen molar-refractivity contribution < 1.29 is 0 Å². The average molecular weight is 451 g/mol. The number of aromatic nitrogens is 4. The first-order valence-corrected chi connectivity index (χ1v) is 9.36. The second kappa shape index (κ2) is 6.30. The van der Waals surface area contributed by atoms with Gasteiger partial charge in [0.25, 0.3) is 0 Å². The topological polar surface area (TPSA) is 72.5 Å². The van der Waals surface area contributed by atoms with Gasteiger partial charge < -0.3 is 15.3 Å². The van der Waals surface area contributed by atoms with Gasteiger partial charge in [-0.15, -0.1) is 0 Å². The summed E-state index contributed by atoms with van der Waals surface area (Å²) in [4.78, 5) is 12.2. The number of para-hydroxylation sites is 1. The summed E-state index contributed by atoms with van der Waals surface area (Å²) >= 11 is 16.2. The van der Waals surface area contributed by atoms with E-state index in [4.69, 9.17) is 28.9 Å². The number of aryl methyl sites for hydroxylation is 1. The molecule has 0 fully saturated rings. The molecule has 0 aliphatic rings. The largest absolute Gasteiger partial charge is 0.396 e. The van der Waals surface area contributed by atoms with Crippen molar-refractivity contribution in [2.75, 3.05) is 5.73 Å². The molecular formula is C18H14BrCl2N5. The number of hydrogen-bond acceptors (Lipinski definition) is 3. The molecule has 132 valence electrons. The lowest BCUT2D eigenvalue weighted by Crippen LogP contribution is -2.01. The van der Waals surface area contributed by atoms with E-state index in [0.29, 0.717) is 32.7 Å². The summed E-state index contributed by atoms with van der Waals surface area (Å²) in [5, 5.41) is 1.18. The SMILES string of the molecule is Cc1cc(-c2nc3c(N)c(Br)cnc3[nH]2)c(C)n1-c1c(Cl)cccc1Cl. The van der Waals surface area contributed by atoms with Gasteiger partial charge in [-0.05, 0) is 48.0 Å². The van der Waals surface area contributed by atoms with Crippen molar-refractivity contribution in [3.63, 3.8) is 0 Å². The minimum absolute atomic E-state index is 0.556. The molecule has 26 heavy (non-hydrogen) atoms. The molecule has 3 aromatic heterocycles. The van der Waals surface area contributed by atoms with Crippen LogP contribution in [-0.2, 0) is 0 Å². The van der Waals surface area contributed by atoms with Crippen LogP contribution in [0.25, 0.3) is 28.2 Å². The zero-order valence-electron chi connectivity index (χ0n) is 13.9. The molecule has 3 N–H and O–H groups in total. The van der Waals surface area contributed by atoms with Crippen molar-refractivity contribution in [3.8, 4) is 17.1 Å². The van der Waals surface area contributed by atoms with E-state index in [0.717, 1.165) is 27.1 Å². The van der Waals surface area contributed by atoms with Gasteiger partial charge >= 0.3 is 0 Å². The maximum Gasteiger partial charge on any atom is 0.159 e. The Hall–Kier alpha value is -2.02. The van der Waals surface area contributed by atoms with Crippen LogP contribution in [0.5, 0.6) is 0 Å². The second-order valence-electron chi connectivity index (χ2n) is 5.99. The van der Waals surface area contributed by atoms with E-state index in [9.17, 15) is 0 Å². The highest BCUT2D eigenvalue weighted by Crippen LogP contribution is 2.36. The number of H-pyrrole nitrogens is 1. The smallest absolute Gasteiger partial charge is 0.159 e. The number of anilines is 1.